The molecule has 0 amide bonds. The van der Waals surface area contributed by atoms with Crippen molar-refractivity contribution < 1.29 is 9.53 Å². The number of methoxy groups -OCH3 is 1. The van der Waals surface area contributed by atoms with Crippen LogP contribution >= 0.6 is 0 Å². The molecular weight excluding hydrogens is 264 g/mol. The van der Waals surface area contributed by atoms with Crippen LogP contribution < -0.4 is 5.32 Å². The number of hydrogen-bond donors (Lipinski definition) is 1. The van der Waals surface area contributed by atoms with Crippen LogP contribution in [0.2, 0.25) is 0 Å². The van der Waals surface area contributed by atoms with Gasteiger partial charge in [-0.1, -0.05) is 19.1 Å². The van der Waals surface area contributed by atoms with Crippen LogP contribution in [0.25, 0.3) is 0 Å². The van der Waals surface area contributed by atoms with Crippen molar-refractivity contribution in [2.75, 3.05) is 33.3 Å². The van der Waals surface area contributed by atoms with E-state index in [0.717, 1.165) is 38.6 Å². The van der Waals surface area contributed by atoms with E-state index in [0.29, 0.717) is 5.56 Å². The molecule has 4 heteroatoms. The Kier molecular flexibility index (Phi) is 6.21. The average Bonchev–Trinajstić information content (AvgIpc) is 2.55. The molecule has 116 valence electrons. The lowest BCUT2D eigenvalue weighted by Gasteiger charge is -2.29. The molecule has 1 aromatic rings. The molecule has 1 saturated heterocycles. The summed E-state index contributed by atoms with van der Waals surface area (Å²) in [6.45, 7) is 7.68. The number of piperidine rings is 1. The van der Waals surface area contributed by atoms with Gasteiger partial charge in [0.1, 0.15) is 0 Å². The maximum Gasteiger partial charge on any atom is 0.337 e. The van der Waals surface area contributed by atoms with Crippen LogP contribution in [0.1, 0.15) is 35.7 Å². The number of rotatable bonds is 6. The quantitative estimate of drug-likeness (QED) is 0.816. The maximum absolute atomic E-state index is 11.4. The highest BCUT2D eigenvalue weighted by Crippen LogP contribution is 2.15. The fraction of sp³-hybridized carbons (Fsp3) is 0.588. The van der Waals surface area contributed by atoms with Gasteiger partial charge >= 0.3 is 5.97 Å². The standard InChI is InChI=1S/C17H26N2O2/c1-3-19(13-15-8-10-18-11-9-15)12-14-4-6-16(7-5-14)17(20)21-2/h4-7,15,18H,3,8-13H2,1-2H3. The summed E-state index contributed by atoms with van der Waals surface area (Å²) in [7, 11) is 1.41. The highest BCUT2D eigenvalue weighted by atomic mass is 16.5. The molecule has 0 spiro atoms. The van der Waals surface area contributed by atoms with Crippen molar-refractivity contribution in [3.63, 3.8) is 0 Å². The van der Waals surface area contributed by atoms with E-state index in [1.54, 1.807) is 0 Å². The van der Waals surface area contributed by atoms with Crippen molar-refractivity contribution in [2.45, 2.75) is 26.3 Å². The molecule has 0 atom stereocenters. The molecule has 0 saturated carbocycles. The maximum atomic E-state index is 11.4. The zero-order valence-corrected chi connectivity index (χ0v) is 13.1. The highest BCUT2D eigenvalue weighted by Gasteiger charge is 2.16. The second kappa shape index (κ2) is 8.15. The smallest absolute Gasteiger partial charge is 0.337 e. The third kappa shape index (κ3) is 4.83. The first kappa shape index (κ1) is 16.0. The van der Waals surface area contributed by atoms with Crippen LogP contribution in [0.15, 0.2) is 24.3 Å². The lowest BCUT2D eigenvalue weighted by Crippen LogP contribution is -2.35. The monoisotopic (exact) mass is 290 g/mol. The summed E-state index contributed by atoms with van der Waals surface area (Å²) in [6, 6.07) is 7.74. The minimum atomic E-state index is -0.274. The molecular formula is C17H26N2O2. The van der Waals surface area contributed by atoms with Crippen molar-refractivity contribution in [1.82, 2.24) is 10.2 Å². The first-order chi connectivity index (χ1) is 10.2. The van der Waals surface area contributed by atoms with Crippen molar-refractivity contribution >= 4 is 5.97 Å². The molecule has 0 aliphatic carbocycles. The molecule has 21 heavy (non-hydrogen) atoms. The third-order valence-corrected chi connectivity index (χ3v) is 4.20. The summed E-state index contributed by atoms with van der Waals surface area (Å²) < 4.78 is 4.72. The van der Waals surface area contributed by atoms with E-state index >= 15 is 0 Å². The first-order valence-corrected chi connectivity index (χ1v) is 7.83. The molecule has 1 heterocycles. The summed E-state index contributed by atoms with van der Waals surface area (Å²) in [6.07, 6.45) is 2.55. The molecule has 4 nitrogen and oxygen atoms in total. The van der Waals surface area contributed by atoms with Crippen LogP contribution in [0.5, 0.6) is 0 Å². The van der Waals surface area contributed by atoms with E-state index in [4.69, 9.17) is 4.74 Å². The number of carbonyl (C=O) groups is 1. The summed E-state index contributed by atoms with van der Waals surface area (Å²) in [5.41, 5.74) is 1.86. The molecule has 1 fully saturated rings. The van der Waals surface area contributed by atoms with Gasteiger partial charge in [0.25, 0.3) is 0 Å². The van der Waals surface area contributed by atoms with Gasteiger partial charge in [-0.05, 0) is 56.1 Å². The fourth-order valence-corrected chi connectivity index (χ4v) is 2.86. The zero-order valence-electron chi connectivity index (χ0n) is 13.1. The van der Waals surface area contributed by atoms with Crippen molar-refractivity contribution in [3.8, 4) is 0 Å². The van der Waals surface area contributed by atoms with Gasteiger partial charge in [-0.15, -0.1) is 0 Å². The summed E-state index contributed by atoms with van der Waals surface area (Å²) >= 11 is 0. The Morgan fingerprint density at radius 2 is 1.95 bits per heavy atom. The average molecular weight is 290 g/mol. The summed E-state index contributed by atoms with van der Waals surface area (Å²) in [5, 5.41) is 3.42. The predicted octanol–water partition coefficient (Wildman–Crippen LogP) is 2.29. The first-order valence-electron chi connectivity index (χ1n) is 7.83. The van der Waals surface area contributed by atoms with Gasteiger partial charge in [0.2, 0.25) is 0 Å². The normalized spacial score (nSPS) is 16.1. The largest absolute Gasteiger partial charge is 0.465 e. The van der Waals surface area contributed by atoms with Crippen LogP contribution in [0.4, 0.5) is 0 Å². The lowest BCUT2D eigenvalue weighted by molar-refractivity contribution is 0.0600. The fourth-order valence-electron chi connectivity index (χ4n) is 2.86. The SMILES string of the molecule is CCN(Cc1ccc(C(=O)OC)cc1)CC1CCNCC1. The van der Waals surface area contributed by atoms with Gasteiger partial charge < -0.3 is 10.1 Å². The molecule has 1 aromatic carbocycles. The van der Waals surface area contributed by atoms with E-state index in [1.165, 1.54) is 25.5 Å². The zero-order chi connectivity index (χ0) is 15.1. The minimum Gasteiger partial charge on any atom is -0.465 e. The van der Waals surface area contributed by atoms with Gasteiger partial charge in [-0.25, -0.2) is 4.79 Å². The summed E-state index contributed by atoms with van der Waals surface area (Å²) in [5.74, 6) is 0.532. The van der Waals surface area contributed by atoms with E-state index in [9.17, 15) is 4.79 Å². The number of carbonyl (C=O) groups excluding carboxylic acids is 1. The Hall–Kier alpha value is -1.39. The van der Waals surface area contributed by atoms with E-state index in [1.807, 2.05) is 24.3 Å². The van der Waals surface area contributed by atoms with Crippen molar-refractivity contribution in [1.29, 1.82) is 0 Å². The number of esters is 1. The molecule has 1 aliphatic heterocycles. The topological polar surface area (TPSA) is 41.6 Å². The van der Waals surface area contributed by atoms with Crippen molar-refractivity contribution in [3.05, 3.63) is 35.4 Å². The number of nitrogens with one attached hydrogen (secondary N) is 1. The number of benzene rings is 1. The third-order valence-electron chi connectivity index (χ3n) is 4.20. The number of hydrogen-bond acceptors (Lipinski definition) is 4. The van der Waals surface area contributed by atoms with Gasteiger partial charge in [0.05, 0.1) is 12.7 Å². The summed E-state index contributed by atoms with van der Waals surface area (Å²) in [4.78, 5) is 13.9. The highest BCUT2D eigenvalue weighted by molar-refractivity contribution is 5.89. The lowest BCUT2D eigenvalue weighted by atomic mass is 9.97. The molecule has 0 aromatic heterocycles. The molecule has 0 bridgehead atoms. The minimum absolute atomic E-state index is 0.274. The Labute approximate surface area is 127 Å². The predicted molar refractivity (Wildman–Crippen MR) is 84.3 cm³/mol. The van der Waals surface area contributed by atoms with Gasteiger partial charge in [0, 0.05) is 13.1 Å². The Balaban J connectivity index is 1.89. The Morgan fingerprint density at radius 1 is 1.29 bits per heavy atom. The molecule has 0 radical (unpaired) electrons. The molecule has 2 rings (SSSR count). The number of ether oxygens (including phenoxy) is 1. The van der Waals surface area contributed by atoms with Gasteiger partial charge in [-0.3, -0.25) is 4.90 Å². The van der Waals surface area contributed by atoms with E-state index in [2.05, 4.69) is 17.1 Å². The van der Waals surface area contributed by atoms with Crippen LogP contribution in [0.3, 0.4) is 0 Å². The van der Waals surface area contributed by atoms with Gasteiger partial charge in [0.15, 0.2) is 0 Å². The van der Waals surface area contributed by atoms with Crippen LogP contribution in [-0.2, 0) is 11.3 Å². The van der Waals surface area contributed by atoms with Crippen LogP contribution in [0, 0.1) is 5.92 Å². The molecule has 1 N–H and O–H groups in total. The van der Waals surface area contributed by atoms with Gasteiger partial charge in [-0.2, -0.15) is 0 Å². The van der Waals surface area contributed by atoms with E-state index in [-0.39, 0.29) is 5.97 Å². The second-order valence-electron chi connectivity index (χ2n) is 5.71. The molecule has 1 aliphatic rings. The number of nitrogens with zero attached hydrogens (tertiary/aromatic N) is 1. The van der Waals surface area contributed by atoms with E-state index < -0.39 is 0 Å². The molecule has 0 unspecified atom stereocenters. The van der Waals surface area contributed by atoms with Crippen molar-refractivity contribution in [2.24, 2.45) is 5.92 Å². The Morgan fingerprint density at radius 3 is 2.52 bits per heavy atom. The second-order valence-corrected chi connectivity index (χ2v) is 5.71. The van der Waals surface area contributed by atoms with Crippen LogP contribution in [-0.4, -0.2) is 44.2 Å². The Bertz CT molecular complexity index is 439.